The Morgan fingerprint density at radius 2 is 2.11 bits per heavy atom. The molecule has 5 heteroatoms. The Balaban J connectivity index is 2.69. The van der Waals surface area contributed by atoms with Gasteiger partial charge < -0.3 is 15.0 Å². The van der Waals surface area contributed by atoms with Crippen LogP contribution in [0, 0.1) is 11.7 Å². The quantitative estimate of drug-likeness (QED) is 0.922. The molecule has 1 aromatic carbocycles. The minimum absolute atomic E-state index is 0.215. The Bertz CT molecular complexity index is 592. The van der Waals surface area contributed by atoms with Crippen LogP contribution < -0.4 is 10.5 Å². The molecular formula is C14H20FN3O. The fraction of sp³-hybridized carbons (Fsp3) is 0.500. The number of nitrogens with two attached hydrogens (primary N) is 1. The molecule has 0 saturated carbocycles. The molecule has 4 nitrogen and oxygen atoms in total. The lowest BCUT2D eigenvalue weighted by Gasteiger charge is -2.22. The fourth-order valence-electron chi connectivity index (χ4n) is 2.57. The monoisotopic (exact) mass is 265 g/mol. The summed E-state index contributed by atoms with van der Waals surface area (Å²) < 4.78 is 20.7. The van der Waals surface area contributed by atoms with Crippen LogP contribution in [0.15, 0.2) is 12.1 Å². The average Bonchev–Trinajstić information content (AvgIpc) is 2.65. The molecule has 2 aromatic rings. The lowest BCUT2D eigenvalue weighted by Crippen LogP contribution is -2.16. The van der Waals surface area contributed by atoms with Crippen LogP contribution >= 0.6 is 0 Å². The van der Waals surface area contributed by atoms with Gasteiger partial charge in [-0.2, -0.15) is 0 Å². The summed E-state index contributed by atoms with van der Waals surface area (Å²) in [4.78, 5) is 4.25. The minimum atomic E-state index is -0.419. The first-order valence-electron chi connectivity index (χ1n) is 6.50. The van der Waals surface area contributed by atoms with E-state index >= 15 is 0 Å². The highest BCUT2D eigenvalue weighted by Gasteiger charge is 2.20. The van der Waals surface area contributed by atoms with Gasteiger partial charge in [-0.05, 0) is 12.3 Å². The number of methoxy groups -OCH3 is 1. The lowest BCUT2D eigenvalue weighted by molar-refractivity contribution is 0.374. The summed E-state index contributed by atoms with van der Waals surface area (Å²) in [7, 11) is 1.45. The SMILES string of the molecule is CCC(C(C)C)n1c(N)nc2cc(F)c(OC)cc21. The van der Waals surface area contributed by atoms with Crippen molar-refractivity contribution in [2.24, 2.45) is 5.92 Å². The van der Waals surface area contributed by atoms with Crippen molar-refractivity contribution >= 4 is 17.0 Å². The number of hydrogen-bond donors (Lipinski definition) is 1. The third-order valence-corrected chi connectivity index (χ3v) is 3.51. The Kier molecular flexibility index (Phi) is 3.64. The highest BCUT2D eigenvalue weighted by Crippen LogP contribution is 2.32. The first-order chi connectivity index (χ1) is 8.99. The van der Waals surface area contributed by atoms with E-state index in [1.807, 2.05) is 4.57 Å². The predicted octanol–water partition coefficient (Wildman–Crippen LogP) is 3.37. The van der Waals surface area contributed by atoms with Gasteiger partial charge >= 0.3 is 0 Å². The molecule has 1 heterocycles. The molecule has 2 N–H and O–H groups in total. The summed E-state index contributed by atoms with van der Waals surface area (Å²) in [5.41, 5.74) is 7.38. The van der Waals surface area contributed by atoms with Crippen LogP contribution in [0.4, 0.5) is 10.3 Å². The lowest BCUT2D eigenvalue weighted by atomic mass is 10.0. The van der Waals surface area contributed by atoms with Crippen LogP contribution in [0.25, 0.3) is 11.0 Å². The summed E-state index contributed by atoms with van der Waals surface area (Å²) in [6.07, 6.45) is 0.938. The first-order valence-corrected chi connectivity index (χ1v) is 6.50. The van der Waals surface area contributed by atoms with Gasteiger partial charge in [0.15, 0.2) is 11.6 Å². The van der Waals surface area contributed by atoms with Gasteiger partial charge in [-0.25, -0.2) is 9.37 Å². The van der Waals surface area contributed by atoms with Crippen molar-refractivity contribution in [2.45, 2.75) is 33.2 Å². The largest absolute Gasteiger partial charge is 0.494 e. The number of anilines is 1. The summed E-state index contributed by atoms with van der Waals surface area (Å²) in [5.74, 6) is 0.633. The second-order valence-corrected chi connectivity index (χ2v) is 5.04. The minimum Gasteiger partial charge on any atom is -0.494 e. The zero-order valence-corrected chi connectivity index (χ0v) is 11.8. The molecule has 0 fully saturated rings. The van der Waals surface area contributed by atoms with E-state index in [9.17, 15) is 4.39 Å². The zero-order valence-electron chi connectivity index (χ0n) is 11.8. The second kappa shape index (κ2) is 5.07. The van der Waals surface area contributed by atoms with Crippen molar-refractivity contribution < 1.29 is 9.13 Å². The van der Waals surface area contributed by atoms with Crippen LogP contribution in [0.5, 0.6) is 5.75 Å². The first kappa shape index (κ1) is 13.6. The van der Waals surface area contributed by atoms with Crippen LogP contribution in [0.2, 0.25) is 0 Å². The Hall–Kier alpha value is -1.78. The summed E-state index contributed by atoms with van der Waals surface area (Å²) in [6.45, 7) is 6.39. The normalized spacial score (nSPS) is 13.2. The van der Waals surface area contributed by atoms with Crippen molar-refractivity contribution in [3.63, 3.8) is 0 Å². The molecule has 1 aromatic heterocycles. The average molecular weight is 265 g/mol. The molecule has 0 amide bonds. The van der Waals surface area contributed by atoms with Crippen LogP contribution in [-0.2, 0) is 0 Å². The van der Waals surface area contributed by atoms with Crippen molar-refractivity contribution in [1.82, 2.24) is 9.55 Å². The van der Waals surface area contributed by atoms with Gasteiger partial charge in [-0.15, -0.1) is 0 Å². The van der Waals surface area contributed by atoms with E-state index < -0.39 is 5.82 Å². The molecule has 0 radical (unpaired) electrons. The molecule has 104 valence electrons. The van der Waals surface area contributed by atoms with E-state index in [2.05, 4.69) is 25.8 Å². The van der Waals surface area contributed by atoms with E-state index in [0.29, 0.717) is 17.4 Å². The molecule has 0 bridgehead atoms. The standard InChI is InChI=1S/C14H20FN3O/c1-5-11(8(2)3)18-12-7-13(19-4)9(15)6-10(12)17-14(18)16/h6-8,11H,5H2,1-4H3,(H2,16,17). The Morgan fingerprint density at radius 3 is 2.63 bits per heavy atom. The topological polar surface area (TPSA) is 53.1 Å². The van der Waals surface area contributed by atoms with Gasteiger partial charge in [0.2, 0.25) is 5.95 Å². The number of nitrogen functional groups attached to an aromatic ring is 1. The predicted molar refractivity (Wildman–Crippen MR) is 74.8 cm³/mol. The smallest absolute Gasteiger partial charge is 0.201 e. The number of fused-ring (bicyclic) bond motifs is 1. The molecule has 0 aliphatic heterocycles. The zero-order chi connectivity index (χ0) is 14.2. The van der Waals surface area contributed by atoms with Gasteiger partial charge in [0.05, 0.1) is 18.1 Å². The van der Waals surface area contributed by atoms with Crippen LogP contribution in [0.3, 0.4) is 0 Å². The third kappa shape index (κ3) is 2.25. The molecular weight excluding hydrogens is 245 g/mol. The van der Waals surface area contributed by atoms with Gasteiger partial charge in [0.1, 0.15) is 0 Å². The number of hydrogen-bond acceptors (Lipinski definition) is 3. The molecule has 19 heavy (non-hydrogen) atoms. The van der Waals surface area contributed by atoms with E-state index in [-0.39, 0.29) is 11.8 Å². The number of imidazole rings is 1. The van der Waals surface area contributed by atoms with E-state index in [1.165, 1.54) is 13.2 Å². The van der Waals surface area contributed by atoms with Gasteiger partial charge in [0.25, 0.3) is 0 Å². The third-order valence-electron chi connectivity index (χ3n) is 3.51. The van der Waals surface area contributed by atoms with E-state index in [4.69, 9.17) is 10.5 Å². The van der Waals surface area contributed by atoms with Crippen molar-refractivity contribution in [3.8, 4) is 5.75 Å². The highest BCUT2D eigenvalue weighted by atomic mass is 19.1. The highest BCUT2D eigenvalue weighted by molar-refractivity contribution is 5.80. The van der Waals surface area contributed by atoms with Gasteiger partial charge in [-0.3, -0.25) is 0 Å². The molecule has 0 saturated heterocycles. The number of aromatic nitrogens is 2. The Labute approximate surface area is 112 Å². The number of ether oxygens (including phenoxy) is 1. The summed E-state index contributed by atoms with van der Waals surface area (Å²) in [5, 5.41) is 0. The molecule has 1 unspecified atom stereocenters. The second-order valence-electron chi connectivity index (χ2n) is 5.04. The maximum Gasteiger partial charge on any atom is 0.201 e. The molecule has 0 aliphatic rings. The molecule has 2 rings (SSSR count). The number of rotatable bonds is 4. The van der Waals surface area contributed by atoms with E-state index in [1.54, 1.807) is 6.07 Å². The molecule has 0 aliphatic carbocycles. The fourth-order valence-corrected chi connectivity index (χ4v) is 2.57. The molecule has 1 atom stereocenters. The number of nitrogens with zero attached hydrogens (tertiary/aromatic N) is 2. The van der Waals surface area contributed by atoms with Crippen LogP contribution in [-0.4, -0.2) is 16.7 Å². The maximum absolute atomic E-state index is 13.7. The summed E-state index contributed by atoms with van der Waals surface area (Å²) >= 11 is 0. The summed E-state index contributed by atoms with van der Waals surface area (Å²) in [6, 6.07) is 3.27. The van der Waals surface area contributed by atoms with Crippen molar-refractivity contribution in [3.05, 3.63) is 17.9 Å². The van der Waals surface area contributed by atoms with Crippen LogP contribution in [0.1, 0.15) is 33.2 Å². The van der Waals surface area contributed by atoms with E-state index in [0.717, 1.165) is 11.9 Å². The van der Waals surface area contributed by atoms with Crippen molar-refractivity contribution in [2.75, 3.05) is 12.8 Å². The van der Waals surface area contributed by atoms with Gasteiger partial charge in [0, 0.05) is 18.2 Å². The van der Waals surface area contributed by atoms with Crippen molar-refractivity contribution in [1.29, 1.82) is 0 Å². The maximum atomic E-state index is 13.7. The molecule has 0 spiro atoms. The number of halogens is 1. The Morgan fingerprint density at radius 1 is 1.42 bits per heavy atom. The van der Waals surface area contributed by atoms with Gasteiger partial charge in [-0.1, -0.05) is 20.8 Å². The number of benzene rings is 1.